The van der Waals surface area contributed by atoms with Crippen molar-refractivity contribution in [3.8, 4) is 0 Å². The van der Waals surface area contributed by atoms with Gasteiger partial charge in [0.05, 0.1) is 0 Å². The standard InChI is InChI=1S/2C8H12O2.O2S/c2*1-4-7(9)8(10,5-2)6-3;1-3-2/h2*4-6,9-10H,2-3H2,1H3;. The highest BCUT2D eigenvalue weighted by Crippen LogP contribution is 2.16. The van der Waals surface area contributed by atoms with E-state index in [1.807, 2.05) is 0 Å². The van der Waals surface area contributed by atoms with Gasteiger partial charge < -0.3 is 20.4 Å². The Hall–Kier alpha value is -2.22. The highest BCUT2D eigenvalue weighted by atomic mass is 32.1. The molecule has 0 aliphatic carbocycles. The monoisotopic (exact) mass is 344 g/mol. The van der Waals surface area contributed by atoms with Gasteiger partial charge in [0.1, 0.15) is 11.5 Å². The lowest BCUT2D eigenvalue weighted by atomic mass is 10.0. The first-order chi connectivity index (χ1) is 10.6. The van der Waals surface area contributed by atoms with Crippen molar-refractivity contribution in [2.75, 3.05) is 0 Å². The molecular weight excluding hydrogens is 320 g/mol. The second-order valence-corrected chi connectivity index (χ2v) is 4.02. The van der Waals surface area contributed by atoms with Crippen LogP contribution < -0.4 is 0 Å². The maximum absolute atomic E-state index is 9.34. The van der Waals surface area contributed by atoms with Gasteiger partial charge in [0.25, 0.3) is 0 Å². The third-order valence-corrected chi connectivity index (χ3v) is 2.61. The van der Waals surface area contributed by atoms with Crippen LogP contribution in [0.2, 0.25) is 0 Å². The Bertz CT molecular complexity index is 443. The molecule has 0 atom stereocenters. The Kier molecular flexibility index (Phi) is 15.0. The van der Waals surface area contributed by atoms with E-state index >= 15 is 0 Å². The Morgan fingerprint density at radius 1 is 0.783 bits per heavy atom. The Labute approximate surface area is 140 Å². The molecular formula is C16H24O6S. The molecule has 0 aromatic rings. The van der Waals surface area contributed by atoms with E-state index in [0.717, 1.165) is 0 Å². The zero-order valence-corrected chi connectivity index (χ0v) is 14.1. The molecule has 0 bridgehead atoms. The predicted octanol–water partition coefficient (Wildman–Crippen LogP) is 2.43. The molecule has 6 nitrogen and oxygen atoms in total. The van der Waals surface area contributed by atoms with Crippen molar-refractivity contribution in [3.63, 3.8) is 0 Å². The second-order valence-electron chi connectivity index (χ2n) is 3.88. The lowest BCUT2D eigenvalue weighted by Gasteiger charge is -2.17. The van der Waals surface area contributed by atoms with Gasteiger partial charge >= 0.3 is 11.6 Å². The summed E-state index contributed by atoms with van der Waals surface area (Å²) in [5.41, 5.74) is -2.93. The van der Waals surface area contributed by atoms with Gasteiger partial charge in [-0.3, -0.25) is 0 Å². The van der Waals surface area contributed by atoms with Crippen LogP contribution in [-0.2, 0) is 11.6 Å². The van der Waals surface area contributed by atoms with Crippen LogP contribution in [0, 0.1) is 0 Å². The van der Waals surface area contributed by atoms with Crippen LogP contribution in [0.5, 0.6) is 0 Å². The molecule has 0 aromatic carbocycles. The SMILES string of the molecule is C=CC(O)(C=C)C(O)=CC.C=CC(O)(C=C)C(O)=CC.O=S=O. The largest absolute Gasteiger partial charge is 0.509 e. The van der Waals surface area contributed by atoms with Gasteiger partial charge in [-0.05, 0) is 50.3 Å². The number of rotatable bonds is 6. The molecule has 130 valence electrons. The molecule has 0 fully saturated rings. The smallest absolute Gasteiger partial charge is 0.335 e. The van der Waals surface area contributed by atoms with Crippen LogP contribution in [0.15, 0.2) is 74.3 Å². The fraction of sp³-hybridized carbons (Fsp3) is 0.250. The lowest BCUT2D eigenvalue weighted by molar-refractivity contribution is 0.125. The van der Waals surface area contributed by atoms with Crippen molar-refractivity contribution in [2.24, 2.45) is 0 Å². The quantitative estimate of drug-likeness (QED) is 0.434. The summed E-state index contributed by atoms with van der Waals surface area (Å²) in [5.74, 6) is -0.310. The summed E-state index contributed by atoms with van der Waals surface area (Å²) in [7, 11) is 0. The summed E-state index contributed by atoms with van der Waals surface area (Å²) in [4.78, 5) is 0. The molecule has 4 N–H and O–H groups in total. The maximum Gasteiger partial charge on any atom is 0.335 e. The van der Waals surface area contributed by atoms with Crippen molar-refractivity contribution in [1.82, 2.24) is 0 Å². The van der Waals surface area contributed by atoms with Gasteiger partial charge in [-0.15, -0.1) is 0 Å². The molecule has 0 unspecified atom stereocenters. The van der Waals surface area contributed by atoms with E-state index in [9.17, 15) is 10.2 Å². The second kappa shape index (κ2) is 13.4. The molecule has 0 radical (unpaired) electrons. The van der Waals surface area contributed by atoms with E-state index in [0.29, 0.717) is 0 Å². The van der Waals surface area contributed by atoms with Gasteiger partial charge in [-0.25, -0.2) is 0 Å². The first-order valence-electron chi connectivity index (χ1n) is 6.25. The normalized spacial score (nSPS) is 11.7. The van der Waals surface area contributed by atoms with E-state index in [1.54, 1.807) is 13.8 Å². The number of aliphatic hydroxyl groups excluding tert-OH is 2. The molecule has 0 aromatic heterocycles. The molecule has 0 spiro atoms. The zero-order valence-electron chi connectivity index (χ0n) is 13.3. The zero-order chi connectivity index (χ0) is 19.1. The summed E-state index contributed by atoms with van der Waals surface area (Å²) in [6.45, 7) is 16.6. The highest BCUT2D eigenvalue weighted by Gasteiger charge is 2.22. The molecule has 0 saturated carbocycles. The molecule has 0 rings (SSSR count). The van der Waals surface area contributed by atoms with Gasteiger partial charge in [-0.1, -0.05) is 26.3 Å². The van der Waals surface area contributed by atoms with Crippen LogP contribution >= 0.6 is 0 Å². The Balaban J connectivity index is -0.000000297. The summed E-state index contributed by atoms with van der Waals surface area (Å²) in [5, 5.41) is 36.8. The fourth-order valence-electron chi connectivity index (χ4n) is 1.05. The minimum atomic E-state index is -1.46. The van der Waals surface area contributed by atoms with Gasteiger partial charge in [-0.2, -0.15) is 8.42 Å². The van der Waals surface area contributed by atoms with Gasteiger partial charge in [0.2, 0.25) is 0 Å². The average molecular weight is 344 g/mol. The number of allylic oxidation sites excluding steroid dienone is 2. The van der Waals surface area contributed by atoms with Crippen LogP contribution in [0.4, 0.5) is 0 Å². The average Bonchev–Trinajstić information content (AvgIpc) is 2.59. The predicted molar refractivity (Wildman–Crippen MR) is 92.4 cm³/mol. The minimum absolute atomic E-state index is 0.155. The molecule has 0 heterocycles. The summed E-state index contributed by atoms with van der Waals surface area (Å²) in [6, 6.07) is 0. The van der Waals surface area contributed by atoms with E-state index in [1.165, 1.54) is 36.5 Å². The van der Waals surface area contributed by atoms with Crippen molar-refractivity contribution in [3.05, 3.63) is 74.3 Å². The maximum atomic E-state index is 9.34. The van der Waals surface area contributed by atoms with Gasteiger partial charge in [0.15, 0.2) is 11.2 Å². The van der Waals surface area contributed by atoms with Crippen molar-refractivity contribution < 1.29 is 28.8 Å². The molecule has 7 heteroatoms. The Morgan fingerprint density at radius 3 is 1.00 bits per heavy atom. The Morgan fingerprint density at radius 2 is 0.957 bits per heavy atom. The van der Waals surface area contributed by atoms with E-state index in [4.69, 9.17) is 18.6 Å². The number of aliphatic hydroxyl groups is 4. The van der Waals surface area contributed by atoms with Crippen molar-refractivity contribution in [1.29, 1.82) is 0 Å². The molecule has 23 heavy (non-hydrogen) atoms. The van der Waals surface area contributed by atoms with Gasteiger partial charge in [0, 0.05) is 0 Å². The molecule has 0 amide bonds. The first-order valence-corrected chi connectivity index (χ1v) is 6.91. The molecule has 0 aliphatic rings. The molecule has 0 saturated heterocycles. The van der Waals surface area contributed by atoms with E-state index < -0.39 is 22.8 Å². The number of hydrogen-bond donors (Lipinski definition) is 4. The first kappa shape index (κ1) is 25.7. The van der Waals surface area contributed by atoms with Crippen LogP contribution in [0.3, 0.4) is 0 Å². The summed E-state index contributed by atoms with van der Waals surface area (Å²) >= 11 is -0.750. The van der Waals surface area contributed by atoms with E-state index in [-0.39, 0.29) is 11.5 Å². The van der Waals surface area contributed by atoms with Crippen LogP contribution in [0.1, 0.15) is 13.8 Å². The minimum Gasteiger partial charge on any atom is -0.509 e. The summed E-state index contributed by atoms with van der Waals surface area (Å²) in [6.07, 6.45) is 7.65. The lowest BCUT2D eigenvalue weighted by Crippen LogP contribution is -2.24. The van der Waals surface area contributed by atoms with E-state index in [2.05, 4.69) is 26.3 Å². The third-order valence-electron chi connectivity index (χ3n) is 2.61. The van der Waals surface area contributed by atoms with Crippen LogP contribution in [-0.4, -0.2) is 40.0 Å². The summed E-state index contributed by atoms with van der Waals surface area (Å²) < 4.78 is 16.6. The highest BCUT2D eigenvalue weighted by molar-refractivity contribution is 7.51. The van der Waals surface area contributed by atoms with Crippen molar-refractivity contribution >= 4 is 11.6 Å². The van der Waals surface area contributed by atoms with Crippen LogP contribution in [0.25, 0.3) is 0 Å². The third kappa shape index (κ3) is 9.41. The topological polar surface area (TPSA) is 115 Å². The van der Waals surface area contributed by atoms with Crippen molar-refractivity contribution in [2.45, 2.75) is 25.0 Å². The molecule has 0 aliphatic heterocycles. The fourth-order valence-corrected chi connectivity index (χ4v) is 1.05. The number of hydrogen-bond acceptors (Lipinski definition) is 6.